The van der Waals surface area contributed by atoms with Crippen molar-refractivity contribution in [1.29, 1.82) is 0 Å². The van der Waals surface area contributed by atoms with E-state index in [-0.39, 0.29) is 0 Å². The summed E-state index contributed by atoms with van der Waals surface area (Å²) in [5, 5.41) is 6.76. The van der Waals surface area contributed by atoms with E-state index >= 15 is 0 Å². The van der Waals surface area contributed by atoms with E-state index in [2.05, 4.69) is 10.2 Å². The Kier molecular flexibility index (Phi) is 2.04. The number of hydrogen-bond donors (Lipinski definition) is 2. The monoisotopic (exact) mass is 217 g/mol. The second-order valence-corrected chi connectivity index (χ2v) is 3.64. The number of rotatable bonds is 1. The predicted octanol–water partition coefficient (Wildman–Crippen LogP) is 1.53. The molecule has 0 atom stereocenters. The minimum Gasteiger partial charge on any atom is -0.467 e. The van der Waals surface area contributed by atoms with Crippen LogP contribution < -0.4 is 10.5 Å². The van der Waals surface area contributed by atoms with E-state index in [1.807, 2.05) is 18.2 Å². The molecule has 2 aromatic rings. The fourth-order valence-electron chi connectivity index (χ4n) is 1.72. The van der Waals surface area contributed by atoms with Crippen molar-refractivity contribution in [3.05, 3.63) is 29.8 Å². The fourth-order valence-corrected chi connectivity index (χ4v) is 1.72. The van der Waals surface area contributed by atoms with Gasteiger partial charge in [0.05, 0.1) is 12.3 Å². The molecule has 0 bridgehead atoms. The van der Waals surface area contributed by atoms with E-state index in [9.17, 15) is 0 Å². The number of hydrogen-bond acceptors (Lipinski definition) is 4. The molecule has 0 amide bonds. The van der Waals surface area contributed by atoms with E-state index in [0.29, 0.717) is 19.2 Å². The largest absolute Gasteiger partial charge is 0.467 e. The Morgan fingerprint density at radius 2 is 2.25 bits per heavy atom. The lowest BCUT2D eigenvalue weighted by molar-refractivity contribution is -0.0163. The van der Waals surface area contributed by atoms with Crippen LogP contribution in [0.15, 0.2) is 24.3 Å². The summed E-state index contributed by atoms with van der Waals surface area (Å²) in [4.78, 5) is 0. The molecule has 0 saturated heterocycles. The van der Waals surface area contributed by atoms with Crippen LogP contribution in [0.3, 0.4) is 0 Å². The van der Waals surface area contributed by atoms with Crippen molar-refractivity contribution in [2.75, 3.05) is 12.5 Å². The van der Waals surface area contributed by atoms with E-state index in [1.54, 1.807) is 6.07 Å². The number of nitrogens with zero attached hydrogens (tertiary/aromatic N) is 1. The molecule has 1 aromatic heterocycles. The van der Waals surface area contributed by atoms with Crippen molar-refractivity contribution >= 4 is 5.82 Å². The number of fused-ring (bicyclic) bond motifs is 1. The molecular weight excluding hydrogens is 206 g/mol. The van der Waals surface area contributed by atoms with Crippen LogP contribution >= 0.6 is 0 Å². The average molecular weight is 217 g/mol. The Hall–Kier alpha value is -2.01. The first kappa shape index (κ1) is 9.23. The predicted molar refractivity (Wildman–Crippen MR) is 58.7 cm³/mol. The van der Waals surface area contributed by atoms with Crippen LogP contribution in [0, 0.1) is 0 Å². The average Bonchev–Trinajstić information content (AvgIpc) is 2.75. The molecule has 1 aliphatic rings. The van der Waals surface area contributed by atoms with Gasteiger partial charge in [-0.2, -0.15) is 5.10 Å². The normalized spacial score (nSPS) is 14.2. The summed E-state index contributed by atoms with van der Waals surface area (Å²) in [5.74, 6) is 1.34. The van der Waals surface area contributed by atoms with Crippen molar-refractivity contribution in [3.8, 4) is 17.0 Å². The number of anilines is 1. The second-order valence-electron chi connectivity index (χ2n) is 3.64. The Morgan fingerprint density at radius 1 is 1.31 bits per heavy atom. The van der Waals surface area contributed by atoms with Gasteiger partial charge in [0, 0.05) is 17.2 Å². The molecule has 0 radical (unpaired) electrons. The first-order valence-electron chi connectivity index (χ1n) is 4.97. The summed E-state index contributed by atoms with van der Waals surface area (Å²) in [6.45, 7) is 0.905. The summed E-state index contributed by atoms with van der Waals surface area (Å²) in [5.41, 5.74) is 8.51. The van der Waals surface area contributed by atoms with Crippen molar-refractivity contribution < 1.29 is 9.47 Å². The summed E-state index contributed by atoms with van der Waals surface area (Å²) >= 11 is 0. The molecular formula is C11H11N3O2. The Morgan fingerprint density at radius 3 is 3.06 bits per heavy atom. The van der Waals surface area contributed by atoms with Crippen molar-refractivity contribution in [1.82, 2.24) is 10.2 Å². The van der Waals surface area contributed by atoms with Gasteiger partial charge in [0.25, 0.3) is 0 Å². The summed E-state index contributed by atoms with van der Waals surface area (Å²) < 4.78 is 10.6. The lowest BCUT2D eigenvalue weighted by Crippen LogP contribution is -2.10. The third-order valence-corrected chi connectivity index (χ3v) is 2.53. The number of aromatic amines is 1. The van der Waals surface area contributed by atoms with Crippen LogP contribution in [0.2, 0.25) is 0 Å². The molecule has 0 saturated carbocycles. The molecule has 82 valence electrons. The minimum atomic E-state index is 0.307. The number of H-pyrrole nitrogens is 1. The van der Waals surface area contributed by atoms with Gasteiger partial charge in [-0.15, -0.1) is 0 Å². The summed E-state index contributed by atoms with van der Waals surface area (Å²) in [6, 6.07) is 7.73. The van der Waals surface area contributed by atoms with Gasteiger partial charge in [-0.05, 0) is 6.07 Å². The molecule has 0 spiro atoms. The minimum absolute atomic E-state index is 0.307. The standard InChI is InChI=1S/C11H11N3O2/c12-11-4-9(13-14-11)7-1-2-8-5-15-6-16-10(8)3-7/h1-4H,5-6H2,(H3,12,13,14). The molecule has 16 heavy (non-hydrogen) atoms. The first-order valence-corrected chi connectivity index (χ1v) is 4.97. The van der Waals surface area contributed by atoms with Gasteiger partial charge in [-0.1, -0.05) is 12.1 Å². The zero-order valence-corrected chi connectivity index (χ0v) is 8.56. The highest BCUT2D eigenvalue weighted by molar-refractivity contribution is 5.64. The van der Waals surface area contributed by atoms with Crippen LogP contribution in [0.1, 0.15) is 5.56 Å². The Balaban J connectivity index is 2.02. The summed E-state index contributed by atoms with van der Waals surface area (Å²) in [7, 11) is 0. The van der Waals surface area contributed by atoms with Gasteiger partial charge < -0.3 is 15.2 Å². The number of nitrogen functional groups attached to an aromatic ring is 1. The molecule has 0 fully saturated rings. The van der Waals surface area contributed by atoms with Crippen LogP contribution in [0.5, 0.6) is 5.75 Å². The SMILES string of the molecule is Nc1cc(-c2ccc3c(c2)OCOC3)[nH]n1. The third kappa shape index (κ3) is 1.51. The first-order chi connectivity index (χ1) is 7.83. The summed E-state index contributed by atoms with van der Waals surface area (Å²) in [6.07, 6.45) is 0. The highest BCUT2D eigenvalue weighted by atomic mass is 16.7. The molecule has 0 aliphatic carbocycles. The van der Waals surface area contributed by atoms with Gasteiger partial charge in [-0.3, -0.25) is 5.10 Å². The van der Waals surface area contributed by atoms with E-state index in [4.69, 9.17) is 15.2 Å². The molecule has 1 aromatic carbocycles. The maximum absolute atomic E-state index is 5.56. The fraction of sp³-hybridized carbons (Fsp3) is 0.182. The van der Waals surface area contributed by atoms with Crippen molar-refractivity contribution in [3.63, 3.8) is 0 Å². The van der Waals surface area contributed by atoms with Gasteiger partial charge in [0.2, 0.25) is 0 Å². The van der Waals surface area contributed by atoms with Crippen molar-refractivity contribution in [2.24, 2.45) is 0 Å². The number of nitrogens with two attached hydrogens (primary N) is 1. The van der Waals surface area contributed by atoms with Crippen LogP contribution in [0.25, 0.3) is 11.3 Å². The lowest BCUT2D eigenvalue weighted by atomic mass is 10.1. The Bertz CT molecular complexity index is 522. The van der Waals surface area contributed by atoms with E-state index in [0.717, 1.165) is 22.6 Å². The van der Waals surface area contributed by atoms with Crippen LogP contribution in [-0.4, -0.2) is 17.0 Å². The molecule has 0 unspecified atom stereocenters. The Labute approximate surface area is 92.2 Å². The maximum Gasteiger partial charge on any atom is 0.189 e. The van der Waals surface area contributed by atoms with Crippen molar-refractivity contribution in [2.45, 2.75) is 6.61 Å². The van der Waals surface area contributed by atoms with E-state index < -0.39 is 0 Å². The smallest absolute Gasteiger partial charge is 0.189 e. The van der Waals surface area contributed by atoms with Gasteiger partial charge in [0.1, 0.15) is 11.6 Å². The van der Waals surface area contributed by atoms with Crippen LogP contribution in [-0.2, 0) is 11.3 Å². The molecule has 5 nitrogen and oxygen atoms in total. The molecule has 5 heteroatoms. The number of nitrogens with one attached hydrogen (secondary N) is 1. The number of ether oxygens (including phenoxy) is 2. The highest BCUT2D eigenvalue weighted by Crippen LogP contribution is 2.29. The highest BCUT2D eigenvalue weighted by Gasteiger charge is 2.12. The quantitative estimate of drug-likeness (QED) is 0.759. The zero-order chi connectivity index (χ0) is 11.0. The van der Waals surface area contributed by atoms with Gasteiger partial charge >= 0.3 is 0 Å². The molecule has 2 heterocycles. The van der Waals surface area contributed by atoms with Gasteiger partial charge in [-0.25, -0.2) is 0 Å². The second kappa shape index (κ2) is 3.53. The van der Waals surface area contributed by atoms with Gasteiger partial charge in [0.15, 0.2) is 6.79 Å². The molecule has 3 rings (SSSR count). The lowest BCUT2D eigenvalue weighted by Gasteiger charge is -2.17. The maximum atomic E-state index is 5.56. The number of aromatic nitrogens is 2. The van der Waals surface area contributed by atoms with Crippen LogP contribution in [0.4, 0.5) is 5.82 Å². The third-order valence-electron chi connectivity index (χ3n) is 2.53. The molecule has 3 N–H and O–H groups in total. The van der Waals surface area contributed by atoms with E-state index in [1.165, 1.54) is 0 Å². The zero-order valence-electron chi connectivity index (χ0n) is 8.56. The molecule has 1 aliphatic heterocycles. The number of benzene rings is 1. The topological polar surface area (TPSA) is 73.2 Å².